The van der Waals surface area contributed by atoms with Crippen LogP contribution in [0.3, 0.4) is 0 Å². The Bertz CT molecular complexity index is 804. The number of benzene rings is 2. The molecule has 3 rings (SSSR count). The summed E-state index contributed by atoms with van der Waals surface area (Å²) in [5.41, 5.74) is 1.70. The molecule has 1 unspecified atom stereocenters. The molecule has 0 radical (unpaired) electrons. The lowest BCUT2D eigenvalue weighted by Gasteiger charge is -2.32. The number of carboxylic acids is 1. The van der Waals surface area contributed by atoms with Gasteiger partial charge in [0.15, 0.2) is 5.75 Å². The van der Waals surface area contributed by atoms with Gasteiger partial charge in [-0.05, 0) is 50.6 Å². The van der Waals surface area contributed by atoms with Crippen LogP contribution in [0.1, 0.15) is 24.8 Å². The van der Waals surface area contributed by atoms with Gasteiger partial charge in [-0.2, -0.15) is 0 Å². The Labute approximate surface area is 158 Å². The largest absolute Gasteiger partial charge is 0.480 e. The number of hydrogen-bond donors (Lipinski definition) is 2. The van der Waals surface area contributed by atoms with E-state index in [0.717, 1.165) is 18.4 Å². The molecule has 1 heterocycles. The normalized spacial score (nSPS) is 17.3. The van der Waals surface area contributed by atoms with Crippen molar-refractivity contribution in [1.29, 1.82) is 0 Å². The highest BCUT2D eigenvalue weighted by Crippen LogP contribution is 2.29. The van der Waals surface area contributed by atoms with Gasteiger partial charge in [0.1, 0.15) is 11.8 Å². The van der Waals surface area contributed by atoms with Crippen molar-refractivity contribution in [3.63, 3.8) is 0 Å². The van der Waals surface area contributed by atoms with Gasteiger partial charge in [-0.25, -0.2) is 0 Å². The number of carbonyl (C=O) groups is 2. The van der Waals surface area contributed by atoms with Crippen LogP contribution >= 0.6 is 0 Å². The van der Waals surface area contributed by atoms with Crippen molar-refractivity contribution in [3.8, 4) is 11.5 Å². The second-order valence-corrected chi connectivity index (χ2v) is 6.78. The molecule has 2 aromatic carbocycles. The number of amides is 1. The molecule has 1 amide bonds. The summed E-state index contributed by atoms with van der Waals surface area (Å²) in [5.74, 6) is 0.112. The minimum absolute atomic E-state index is 0.0514. The highest BCUT2D eigenvalue weighted by atomic mass is 16.5. The van der Waals surface area contributed by atoms with Crippen LogP contribution in [-0.4, -0.2) is 41.0 Å². The molecule has 0 bridgehead atoms. The van der Waals surface area contributed by atoms with Crippen LogP contribution in [0, 0.1) is 6.92 Å². The van der Waals surface area contributed by atoms with Crippen molar-refractivity contribution in [3.05, 3.63) is 54.1 Å². The summed E-state index contributed by atoms with van der Waals surface area (Å²) < 4.78 is 5.89. The second kappa shape index (κ2) is 8.68. The number of aliphatic carboxylic acids is 1. The number of para-hydroxylation sites is 2. The van der Waals surface area contributed by atoms with Crippen LogP contribution in [0.25, 0.3) is 0 Å². The minimum Gasteiger partial charge on any atom is -0.480 e. The lowest BCUT2D eigenvalue weighted by atomic mass is 10.0. The third kappa shape index (κ3) is 5.08. The van der Waals surface area contributed by atoms with E-state index in [1.807, 2.05) is 43.3 Å². The first-order chi connectivity index (χ1) is 13.0. The van der Waals surface area contributed by atoms with Gasteiger partial charge in [-0.1, -0.05) is 36.2 Å². The molecule has 142 valence electrons. The zero-order valence-electron chi connectivity index (χ0n) is 15.4. The number of carbonyl (C=O) groups excluding carboxylic acids is 1. The van der Waals surface area contributed by atoms with E-state index in [2.05, 4.69) is 5.32 Å². The third-order valence-corrected chi connectivity index (χ3v) is 4.66. The predicted molar refractivity (Wildman–Crippen MR) is 103 cm³/mol. The van der Waals surface area contributed by atoms with Gasteiger partial charge in [0.2, 0.25) is 5.91 Å². The lowest BCUT2D eigenvalue weighted by molar-refractivity contribution is -0.145. The van der Waals surface area contributed by atoms with Gasteiger partial charge in [0.25, 0.3) is 0 Å². The van der Waals surface area contributed by atoms with E-state index in [9.17, 15) is 14.7 Å². The molecular formula is C21H24N2O4. The summed E-state index contributed by atoms with van der Waals surface area (Å²) in [4.78, 5) is 25.6. The van der Waals surface area contributed by atoms with Crippen molar-refractivity contribution in [1.82, 2.24) is 4.90 Å². The fraction of sp³-hybridized carbons (Fsp3) is 0.333. The van der Waals surface area contributed by atoms with E-state index in [1.165, 1.54) is 0 Å². The number of hydrogen-bond acceptors (Lipinski definition) is 4. The number of aryl methyl sites for hydroxylation is 1. The molecule has 0 aromatic heterocycles. The molecule has 6 heteroatoms. The fourth-order valence-electron chi connectivity index (χ4n) is 3.23. The van der Waals surface area contributed by atoms with Crippen molar-refractivity contribution in [2.24, 2.45) is 0 Å². The van der Waals surface area contributed by atoms with Crippen molar-refractivity contribution in [2.75, 3.05) is 18.4 Å². The highest BCUT2D eigenvalue weighted by molar-refractivity contribution is 5.94. The fourth-order valence-corrected chi connectivity index (χ4v) is 3.23. The van der Waals surface area contributed by atoms with E-state index in [-0.39, 0.29) is 12.5 Å². The quantitative estimate of drug-likeness (QED) is 0.813. The number of piperidine rings is 1. The smallest absolute Gasteiger partial charge is 0.320 e. The molecule has 2 aromatic rings. The van der Waals surface area contributed by atoms with Crippen LogP contribution < -0.4 is 10.1 Å². The average molecular weight is 368 g/mol. The maximum Gasteiger partial charge on any atom is 0.320 e. The van der Waals surface area contributed by atoms with Crippen LogP contribution in [0.4, 0.5) is 5.69 Å². The zero-order valence-corrected chi connectivity index (χ0v) is 15.4. The Balaban J connectivity index is 1.67. The standard InChI is InChI=1S/C21H24N2O4/c1-15-9-11-16(12-10-15)27-19-8-3-2-6-17(19)22-20(24)14-23-13-5-4-7-18(23)21(25)26/h2-3,6,8-12,18H,4-5,7,13-14H2,1H3,(H,22,24)(H,25,26). The van der Waals surface area contributed by atoms with Crippen molar-refractivity contribution in [2.45, 2.75) is 32.2 Å². The number of nitrogens with zero attached hydrogens (tertiary/aromatic N) is 1. The van der Waals surface area contributed by atoms with E-state index in [0.29, 0.717) is 30.2 Å². The van der Waals surface area contributed by atoms with Crippen LogP contribution in [0.2, 0.25) is 0 Å². The molecule has 27 heavy (non-hydrogen) atoms. The molecule has 0 spiro atoms. The van der Waals surface area contributed by atoms with E-state index >= 15 is 0 Å². The summed E-state index contributed by atoms with van der Waals surface area (Å²) in [6, 6.07) is 14.3. The second-order valence-electron chi connectivity index (χ2n) is 6.78. The molecule has 0 saturated carbocycles. The third-order valence-electron chi connectivity index (χ3n) is 4.66. The molecular weight excluding hydrogens is 344 g/mol. The predicted octanol–water partition coefficient (Wildman–Crippen LogP) is 3.66. The average Bonchev–Trinajstić information content (AvgIpc) is 2.65. The first-order valence-corrected chi connectivity index (χ1v) is 9.13. The van der Waals surface area contributed by atoms with Crippen LogP contribution in [0.15, 0.2) is 48.5 Å². The lowest BCUT2D eigenvalue weighted by Crippen LogP contribution is -2.47. The molecule has 1 aliphatic rings. The van der Waals surface area contributed by atoms with Crippen molar-refractivity contribution >= 4 is 17.6 Å². The van der Waals surface area contributed by atoms with Gasteiger partial charge < -0.3 is 15.2 Å². The maximum atomic E-state index is 12.5. The molecule has 2 N–H and O–H groups in total. The Kier molecular flexibility index (Phi) is 6.08. The SMILES string of the molecule is Cc1ccc(Oc2ccccc2NC(=O)CN2CCCCC2C(=O)O)cc1. The number of anilines is 1. The van der Waals surface area contributed by atoms with Gasteiger partial charge in [0, 0.05) is 0 Å². The number of nitrogens with one attached hydrogen (secondary N) is 1. The topological polar surface area (TPSA) is 78.9 Å². The summed E-state index contributed by atoms with van der Waals surface area (Å²) in [6.45, 7) is 2.67. The minimum atomic E-state index is -0.870. The summed E-state index contributed by atoms with van der Waals surface area (Å²) >= 11 is 0. The number of carboxylic acid groups (broad SMARTS) is 1. The maximum absolute atomic E-state index is 12.5. The number of ether oxygens (including phenoxy) is 1. The van der Waals surface area contributed by atoms with Gasteiger partial charge in [-0.15, -0.1) is 0 Å². The van der Waals surface area contributed by atoms with E-state index in [1.54, 1.807) is 17.0 Å². The van der Waals surface area contributed by atoms with Crippen LogP contribution in [-0.2, 0) is 9.59 Å². The molecule has 1 aliphatic heterocycles. The van der Waals surface area contributed by atoms with Gasteiger partial charge >= 0.3 is 5.97 Å². The molecule has 0 aliphatic carbocycles. The Hall–Kier alpha value is -2.86. The number of likely N-dealkylation sites (tertiary alicyclic amines) is 1. The molecule has 1 saturated heterocycles. The van der Waals surface area contributed by atoms with E-state index in [4.69, 9.17) is 4.74 Å². The van der Waals surface area contributed by atoms with Gasteiger partial charge in [0.05, 0.1) is 12.2 Å². The first-order valence-electron chi connectivity index (χ1n) is 9.13. The number of rotatable bonds is 6. The van der Waals surface area contributed by atoms with Crippen molar-refractivity contribution < 1.29 is 19.4 Å². The Morgan fingerprint density at radius 3 is 2.63 bits per heavy atom. The highest BCUT2D eigenvalue weighted by Gasteiger charge is 2.29. The Morgan fingerprint density at radius 2 is 1.89 bits per heavy atom. The van der Waals surface area contributed by atoms with Crippen LogP contribution in [0.5, 0.6) is 11.5 Å². The monoisotopic (exact) mass is 368 g/mol. The molecule has 1 fully saturated rings. The zero-order chi connectivity index (χ0) is 19.2. The molecule has 6 nitrogen and oxygen atoms in total. The van der Waals surface area contributed by atoms with E-state index < -0.39 is 12.0 Å². The Morgan fingerprint density at radius 1 is 1.15 bits per heavy atom. The van der Waals surface area contributed by atoms with Gasteiger partial charge in [-0.3, -0.25) is 14.5 Å². The summed E-state index contributed by atoms with van der Waals surface area (Å²) in [6.07, 6.45) is 2.36. The first kappa shape index (κ1) is 18.9. The molecule has 1 atom stereocenters. The summed E-state index contributed by atoms with van der Waals surface area (Å²) in [7, 11) is 0. The summed E-state index contributed by atoms with van der Waals surface area (Å²) in [5, 5.41) is 12.2.